The van der Waals surface area contributed by atoms with Crippen molar-refractivity contribution in [3.05, 3.63) is 30.1 Å². The van der Waals surface area contributed by atoms with Crippen LogP contribution in [0.2, 0.25) is 0 Å². The van der Waals surface area contributed by atoms with E-state index in [4.69, 9.17) is 5.26 Å². The van der Waals surface area contributed by atoms with Gasteiger partial charge in [0.25, 0.3) is 0 Å². The molecule has 2 nitrogen and oxygen atoms in total. The highest BCUT2D eigenvalue weighted by Crippen LogP contribution is 2.26. The molecule has 1 atom stereocenters. The zero-order chi connectivity index (χ0) is 14.5. The smallest absolute Gasteiger partial charge is 0.368 e. The quantitative estimate of drug-likeness (QED) is 0.815. The van der Waals surface area contributed by atoms with E-state index in [1.54, 1.807) is 0 Å². The van der Waals surface area contributed by atoms with Crippen molar-refractivity contribution in [3.8, 4) is 6.07 Å². The van der Waals surface area contributed by atoms with Gasteiger partial charge >= 0.3 is 6.18 Å². The molecule has 1 aromatic rings. The van der Waals surface area contributed by atoms with Crippen LogP contribution in [0.15, 0.2) is 24.3 Å². The maximum absolute atomic E-state index is 12.7. The third-order valence-electron chi connectivity index (χ3n) is 2.65. The van der Waals surface area contributed by atoms with Gasteiger partial charge < -0.3 is 5.32 Å². The Morgan fingerprint density at radius 1 is 1.16 bits per heavy atom. The summed E-state index contributed by atoms with van der Waals surface area (Å²) in [6, 6.07) is 7.27. The lowest BCUT2D eigenvalue weighted by Crippen LogP contribution is -2.33. The minimum Gasteiger partial charge on any atom is -0.368 e. The normalized spacial score (nSPS) is 14.5. The molecule has 1 N–H and O–H groups in total. The van der Waals surface area contributed by atoms with Gasteiger partial charge in [-0.1, -0.05) is 0 Å². The zero-order valence-electron chi connectivity index (χ0n) is 10.4. The van der Waals surface area contributed by atoms with E-state index in [9.17, 15) is 17.6 Å². The standard InChI is InChI=1S/C13H14F4N2/c1-12(9-18,7-2-8-13(15,16)17)19-11-5-3-10(14)4-6-11/h3-6,19H,2,7-8H2,1H3. The summed E-state index contributed by atoms with van der Waals surface area (Å²) < 4.78 is 48.9. The molecule has 1 unspecified atom stereocenters. The number of anilines is 1. The number of nitrogens with zero attached hydrogens (tertiary/aromatic N) is 1. The van der Waals surface area contributed by atoms with Crippen LogP contribution in [0.4, 0.5) is 23.2 Å². The number of nitrogens with one attached hydrogen (secondary N) is 1. The van der Waals surface area contributed by atoms with Crippen molar-refractivity contribution >= 4 is 5.69 Å². The summed E-state index contributed by atoms with van der Waals surface area (Å²) in [5, 5.41) is 11.9. The van der Waals surface area contributed by atoms with Gasteiger partial charge in [-0.3, -0.25) is 0 Å². The van der Waals surface area contributed by atoms with Crippen LogP contribution in [0.5, 0.6) is 0 Å². The Morgan fingerprint density at radius 3 is 2.21 bits per heavy atom. The molecule has 0 saturated carbocycles. The van der Waals surface area contributed by atoms with E-state index in [0.717, 1.165) is 0 Å². The van der Waals surface area contributed by atoms with Gasteiger partial charge in [-0.15, -0.1) is 0 Å². The second-order valence-electron chi connectivity index (χ2n) is 4.54. The molecule has 0 aliphatic carbocycles. The molecule has 0 heterocycles. The van der Waals surface area contributed by atoms with Crippen molar-refractivity contribution < 1.29 is 17.6 Å². The molecule has 0 amide bonds. The first kappa shape index (κ1) is 15.3. The molecule has 0 saturated heterocycles. The van der Waals surface area contributed by atoms with Gasteiger partial charge in [0.1, 0.15) is 11.4 Å². The topological polar surface area (TPSA) is 35.8 Å². The van der Waals surface area contributed by atoms with Crippen LogP contribution >= 0.6 is 0 Å². The molecular formula is C13H14F4N2. The number of hydrogen-bond acceptors (Lipinski definition) is 2. The molecule has 0 fully saturated rings. The van der Waals surface area contributed by atoms with Crippen LogP contribution < -0.4 is 5.32 Å². The zero-order valence-corrected chi connectivity index (χ0v) is 10.4. The van der Waals surface area contributed by atoms with Crippen LogP contribution in [-0.4, -0.2) is 11.7 Å². The third kappa shape index (κ3) is 5.60. The molecule has 0 aromatic heterocycles. The summed E-state index contributed by atoms with van der Waals surface area (Å²) in [7, 11) is 0. The highest BCUT2D eigenvalue weighted by atomic mass is 19.4. The van der Waals surface area contributed by atoms with Crippen molar-refractivity contribution in [3.63, 3.8) is 0 Å². The third-order valence-corrected chi connectivity index (χ3v) is 2.65. The van der Waals surface area contributed by atoms with Gasteiger partial charge in [0.05, 0.1) is 6.07 Å². The Morgan fingerprint density at radius 2 is 1.74 bits per heavy atom. The van der Waals surface area contributed by atoms with Crippen LogP contribution in [-0.2, 0) is 0 Å². The van der Waals surface area contributed by atoms with Crippen LogP contribution in [0, 0.1) is 17.1 Å². The van der Waals surface area contributed by atoms with Gasteiger partial charge in [-0.2, -0.15) is 18.4 Å². The second-order valence-corrected chi connectivity index (χ2v) is 4.54. The molecule has 0 bridgehead atoms. The minimum absolute atomic E-state index is 0.0559. The highest BCUT2D eigenvalue weighted by Gasteiger charge is 2.30. The fourth-order valence-corrected chi connectivity index (χ4v) is 1.64. The highest BCUT2D eigenvalue weighted by molar-refractivity contribution is 5.47. The first-order valence-corrected chi connectivity index (χ1v) is 5.76. The lowest BCUT2D eigenvalue weighted by atomic mass is 9.96. The first-order chi connectivity index (χ1) is 8.74. The van der Waals surface area contributed by atoms with Crippen LogP contribution in [0.3, 0.4) is 0 Å². The minimum atomic E-state index is -4.22. The Balaban J connectivity index is 2.60. The summed E-state index contributed by atoms with van der Waals surface area (Å²) in [4.78, 5) is 0. The molecule has 6 heteroatoms. The molecule has 0 radical (unpaired) electrons. The average Bonchev–Trinajstić information content (AvgIpc) is 2.30. The summed E-state index contributed by atoms with van der Waals surface area (Å²) in [6.07, 6.45) is -5.22. The Hall–Kier alpha value is -1.77. The maximum atomic E-state index is 12.7. The van der Waals surface area contributed by atoms with E-state index in [1.807, 2.05) is 6.07 Å². The molecular weight excluding hydrogens is 260 g/mol. The van der Waals surface area contributed by atoms with Crippen molar-refractivity contribution in [1.29, 1.82) is 5.26 Å². The van der Waals surface area contributed by atoms with Crippen LogP contribution in [0.25, 0.3) is 0 Å². The Bertz CT molecular complexity index is 447. The average molecular weight is 274 g/mol. The van der Waals surface area contributed by atoms with Crippen molar-refractivity contribution in [2.24, 2.45) is 0 Å². The van der Waals surface area contributed by atoms with Gasteiger partial charge in [0, 0.05) is 12.1 Å². The van der Waals surface area contributed by atoms with E-state index in [2.05, 4.69) is 5.32 Å². The predicted octanol–water partition coefficient (Wildman–Crippen LogP) is 4.25. The van der Waals surface area contributed by atoms with Crippen molar-refractivity contribution in [1.82, 2.24) is 0 Å². The van der Waals surface area contributed by atoms with E-state index >= 15 is 0 Å². The van der Waals surface area contributed by atoms with Gasteiger partial charge in [0.2, 0.25) is 0 Å². The van der Waals surface area contributed by atoms with E-state index in [1.165, 1.54) is 31.2 Å². The largest absolute Gasteiger partial charge is 0.389 e. The second kappa shape index (κ2) is 5.91. The summed E-state index contributed by atoms with van der Waals surface area (Å²) in [5.74, 6) is -0.415. The molecule has 104 valence electrons. The predicted molar refractivity (Wildman–Crippen MR) is 63.9 cm³/mol. The lowest BCUT2D eigenvalue weighted by molar-refractivity contribution is -0.135. The number of rotatable bonds is 5. The monoisotopic (exact) mass is 274 g/mol. The number of hydrogen-bond donors (Lipinski definition) is 1. The Kier molecular flexibility index (Phi) is 4.76. The SMILES string of the molecule is CC(C#N)(CCCC(F)(F)F)Nc1ccc(F)cc1. The fourth-order valence-electron chi connectivity index (χ4n) is 1.64. The molecule has 0 spiro atoms. The Labute approximate surface area is 109 Å². The number of halogens is 4. The summed E-state index contributed by atoms with van der Waals surface area (Å²) >= 11 is 0. The molecule has 0 aliphatic rings. The lowest BCUT2D eigenvalue weighted by Gasteiger charge is -2.24. The van der Waals surface area contributed by atoms with Crippen molar-refractivity contribution in [2.45, 2.75) is 37.9 Å². The van der Waals surface area contributed by atoms with Gasteiger partial charge in [0.15, 0.2) is 0 Å². The molecule has 19 heavy (non-hydrogen) atoms. The molecule has 1 rings (SSSR count). The number of alkyl halides is 3. The molecule has 0 aliphatic heterocycles. The maximum Gasteiger partial charge on any atom is 0.389 e. The summed E-state index contributed by atoms with van der Waals surface area (Å²) in [6.45, 7) is 1.52. The number of nitriles is 1. The van der Waals surface area contributed by atoms with E-state index in [0.29, 0.717) is 5.69 Å². The van der Waals surface area contributed by atoms with Crippen LogP contribution in [0.1, 0.15) is 26.2 Å². The fraction of sp³-hybridized carbons (Fsp3) is 0.462. The van der Waals surface area contributed by atoms with Crippen molar-refractivity contribution in [2.75, 3.05) is 5.32 Å². The number of benzene rings is 1. The van der Waals surface area contributed by atoms with Gasteiger partial charge in [-0.25, -0.2) is 4.39 Å². The molecule has 1 aromatic carbocycles. The van der Waals surface area contributed by atoms with Gasteiger partial charge in [-0.05, 0) is 44.0 Å². The first-order valence-electron chi connectivity index (χ1n) is 5.76. The van der Waals surface area contributed by atoms with E-state index < -0.39 is 24.0 Å². The van der Waals surface area contributed by atoms with E-state index in [-0.39, 0.29) is 12.8 Å². The summed E-state index contributed by atoms with van der Waals surface area (Å²) in [5.41, 5.74) is -0.610.